The van der Waals surface area contributed by atoms with E-state index in [9.17, 15) is 4.79 Å². The van der Waals surface area contributed by atoms with Gasteiger partial charge in [0.2, 0.25) is 5.95 Å². The fraction of sp³-hybridized carbons (Fsp3) is 0.0625. The highest BCUT2D eigenvalue weighted by atomic mass is 79.9. The number of anilines is 1. The number of halogens is 1. The highest BCUT2D eigenvalue weighted by molar-refractivity contribution is 9.10. The maximum atomic E-state index is 12.9. The average molecular weight is 371 g/mol. The number of benzene rings is 2. The number of nitrogens with zero attached hydrogens (tertiary/aromatic N) is 3. The molecule has 0 radical (unpaired) electrons. The van der Waals surface area contributed by atoms with E-state index in [0.29, 0.717) is 22.3 Å². The molecule has 2 aromatic carbocycles. The van der Waals surface area contributed by atoms with Crippen LogP contribution >= 0.6 is 15.9 Å². The van der Waals surface area contributed by atoms with Crippen LogP contribution in [0.1, 0.15) is 0 Å². The van der Waals surface area contributed by atoms with Gasteiger partial charge in [0.25, 0.3) is 5.56 Å². The Bertz CT molecular complexity index is 992. The summed E-state index contributed by atoms with van der Waals surface area (Å²) >= 11 is 3.36. The van der Waals surface area contributed by atoms with Crippen LogP contribution in [0.15, 0.2) is 51.7 Å². The second kappa shape index (κ2) is 6.10. The molecule has 114 valence electrons. The summed E-state index contributed by atoms with van der Waals surface area (Å²) in [6, 6.07) is 12.2. The molecule has 0 saturated heterocycles. The number of hydrogen-bond acceptors (Lipinski definition) is 5. The number of hydrogen-bond donors (Lipinski definition) is 1. The second-order valence-electron chi connectivity index (χ2n) is 4.68. The van der Waals surface area contributed by atoms with Crippen molar-refractivity contribution < 1.29 is 4.74 Å². The van der Waals surface area contributed by atoms with Gasteiger partial charge in [0.15, 0.2) is 6.19 Å². The molecular formula is C16H11BrN4O2. The monoisotopic (exact) mass is 370 g/mol. The summed E-state index contributed by atoms with van der Waals surface area (Å²) in [5.41, 5.74) is 0.791. The van der Waals surface area contributed by atoms with Gasteiger partial charge in [-0.1, -0.05) is 22.0 Å². The van der Waals surface area contributed by atoms with E-state index < -0.39 is 0 Å². The predicted molar refractivity (Wildman–Crippen MR) is 90.8 cm³/mol. The third-order valence-electron chi connectivity index (χ3n) is 3.31. The predicted octanol–water partition coefficient (Wildman–Crippen LogP) is 3.05. The van der Waals surface area contributed by atoms with Crippen molar-refractivity contribution in [2.45, 2.75) is 0 Å². The van der Waals surface area contributed by atoms with Crippen molar-refractivity contribution in [1.82, 2.24) is 9.55 Å². The van der Waals surface area contributed by atoms with Crippen molar-refractivity contribution in [1.29, 1.82) is 5.26 Å². The first kappa shape index (κ1) is 15.1. The minimum absolute atomic E-state index is 0.153. The Hall–Kier alpha value is -2.85. The van der Waals surface area contributed by atoms with Crippen LogP contribution in [-0.2, 0) is 0 Å². The van der Waals surface area contributed by atoms with Crippen LogP contribution in [0.4, 0.5) is 5.95 Å². The van der Waals surface area contributed by atoms with Gasteiger partial charge < -0.3 is 4.74 Å². The Labute approximate surface area is 140 Å². The van der Waals surface area contributed by atoms with E-state index in [1.165, 1.54) is 4.57 Å². The summed E-state index contributed by atoms with van der Waals surface area (Å²) in [4.78, 5) is 17.3. The summed E-state index contributed by atoms with van der Waals surface area (Å²) in [5, 5.41) is 11.9. The van der Waals surface area contributed by atoms with Gasteiger partial charge >= 0.3 is 0 Å². The number of fused-ring (bicyclic) bond motifs is 1. The molecule has 0 bridgehead atoms. The van der Waals surface area contributed by atoms with Crippen molar-refractivity contribution >= 4 is 32.8 Å². The smallest absolute Gasteiger partial charge is 0.267 e. The lowest BCUT2D eigenvalue weighted by atomic mass is 10.2. The zero-order valence-electron chi connectivity index (χ0n) is 12.1. The molecule has 0 aliphatic rings. The van der Waals surface area contributed by atoms with Gasteiger partial charge in [-0.25, -0.2) is 9.55 Å². The zero-order valence-corrected chi connectivity index (χ0v) is 13.7. The van der Waals surface area contributed by atoms with Crippen LogP contribution in [0.25, 0.3) is 16.6 Å². The minimum atomic E-state index is -0.276. The Kier molecular flexibility index (Phi) is 4.00. The van der Waals surface area contributed by atoms with Crippen molar-refractivity contribution in [3.05, 3.63) is 57.3 Å². The van der Waals surface area contributed by atoms with E-state index in [4.69, 9.17) is 10.00 Å². The normalized spacial score (nSPS) is 10.3. The third-order valence-corrected chi connectivity index (χ3v) is 3.80. The molecule has 1 aromatic heterocycles. The molecule has 1 N–H and O–H groups in total. The Morgan fingerprint density at radius 2 is 2.13 bits per heavy atom. The quantitative estimate of drug-likeness (QED) is 0.566. The summed E-state index contributed by atoms with van der Waals surface area (Å²) in [6.45, 7) is 0. The van der Waals surface area contributed by atoms with Crippen molar-refractivity contribution in [2.75, 3.05) is 12.4 Å². The van der Waals surface area contributed by atoms with Gasteiger partial charge in [0, 0.05) is 10.5 Å². The summed E-state index contributed by atoms with van der Waals surface area (Å²) in [6.07, 6.45) is 1.81. The van der Waals surface area contributed by atoms with Gasteiger partial charge in [0.1, 0.15) is 5.75 Å². The number of nitriles is 1. The van der Waals surface area contributed by atoms with Gasteiger partial charge in [-0.2, -0.15) is 5.26 Å². The standard InChI is InChI=1S/C16H11BrN4O2/c1-23-12-4-2-3-11(8-12)21-15(22)13-7-10(17)5-6-14(13)20-16(21)19-9-18/h2-8H,1H3,(H,19,20). The molecule has 6 nitrogen and oxygen atoms in total. The van der Waals surface area contributed by atoms with Crippen molar-refractivity contribution in [3.8, 4) is 17.6 Å². The molecule has 1 heterocycles. The van der Waals surface area contributed by atoms with E-state index in [2.05, 4.69) is 26.2 Å². The van der Waals surface area contributed by atoms with Gasteiger partial charge in [-0.3, -0.25) is 10.1 Å². The Balaban J connectivity index is 2.37. The van der Waals surface area contributed by atoms with Crippen LogP contribution in [-0.4, -0.2) is 16.7 Å². The lowest BCUT2D eigenvalue weighted by molar-refractivity contribution is 0.414. The molecule has 0 unspecified atom stereocenters. The van der Waals surface area contributed by atoms with Crippen LogP contribution in [0.3, 0.4) is 0 Å². The van der Waals surface area contributed by atoms with E-state index in [0.717, 1.165) is 4.47 Å². The average Bonchev–Trinajstić information content (AvgIpc) is 2.56. The number of ether oxygens (including phenoxy) is 1. The van der Waals surface area contributed by atoms with Crippen LogP contribution in [0.2, 0.25) is 0 Å². The highest BCUT2D eigenvalue weighted by Crippen LogP contribution is 2.21. The summed E-state index contributed by atoms with van der Waals surface area (Å²) < 4.78 is 7.32. The molecule has 0 saturated carbocycles. The summed E-state index contributed by atoms with van der Waals surface area (Å²) in [7, 11) is 1.55. The molecule has 3 rings (SSSR count). The van der Waals surface area contributed by atoms with Crippen LogP contribution < -0.4 is 15.6 Å². The third kappa shape index (κ3) is 2.76. The Morgan fingerprint density at radius 1 is 1.30 bits per heavy atom. The van der Waals surface area contributed by atoms with E-state index in [1.54, 1.807) is 49.6 Å². The molecule has 23 heavy (non-hydrogen) atoms. The zero-order chi connectivity index (χ0) is 16.4. The first-order valence-electron chi connectivity index (χ1n) is 6.66. The maximum absolute atomic E-state index is 12.9. The van der Waals surface area contributed by atoms with Gasteiger partial charge in [0.05, 0.1) is 23.7 Å². The number of aromatic nitrogens is 2. The van der Waals surface area contributed by atoms with Crippen LogP contribution in [0.5, 0.6) is 5.75 Å². The molecular weight excluding hydrogens is 360 g/mol. The highest BCUT2D eigenvalue weighted by Gasteiger charge is 2.13. The SMILES string of the molecule is COc1cccc(-n2c(NC#N)nc3ccc(Br)cc3c2=O)c1. The second-order valence-corrected chi connectivity index (χ2v) is 5.59. The first-order valence-corrected chi connectivity index (χ1v) is 7.45. The van der Waals surface area contributed by atoms with Gasteiger partial charge in [-0.05, 0) is 30.3 Å². The van der Waals surface area contributed by atoms with Gasteiger partial charge in [-0.15, -0.1) is 0 Å². The van der Waals surface area contributed by atoms with E-state index in [1.807, 2.05) is 6.19 Å². The van der Waals surface area contributed by atoms with E-state index in [-0.39, 0.29) is 11.5 Å². The molecule has 0 aliphatic carbocycles. The topological polar surface area (TPSA) is 79.9 Å². The molecule has 0 spiro atoms. The fourth-order valence-corrected chi connectivity index (χ4v) is 2.64. The van der Waals surface area contributed by atoms with E-state index >= 15 is 0 Å². The lowest BCUT2D eigenvalue weighted by Crippen LogP contribution is -2.22. The lowest BCUT2D eigenvalue weighted by Gasteiger charge is -2.13. The molecule has 0 atom stereocenters. The minimum Gasteiger partial charge on any atom is -0.497 e. The van der Waals surface area contributed by atoms with Crippen LogP contribution in [0, 0.1) is 11.5 Å². The molecule has 3 aromatic rings. The maximum Gasteiger partial charge on any atom is 0.267 e. The van der Waals surface area contributed by atoms with Crippen molar-refractivity contribution in [3.63, 3.8) is 0 Å². The summed E-state index contributed by atoms with van der Waals surface area (Å²) in [5.74, 6) is 0.757. The molecule has 0 aliphatic heterocycles. The largest absolute Gasteiger partial charge is 0.497 e. The first-order chi connectivity index (χ1) is 11.1. The fourth-order valence-electron chi connectivity index (χ4n) is 2.28. The molecule has 0 amide bonds. The number of methoxy groups -OCH3 is 1. The molecule has 7 heteroatoms. The Morgan fingerprint density at radius 3 is 2.87 bits per heavy atom. The van der Waals surface area contributed by atoms with Crippen molar-refractivity contribution in [2.24, 2.45) is 0 Å². The number of nitrogens with one attached hydrogen (secondary N) is 1. The number of rotatable bonds is 3. The molecule has 0 fully saturated rings.